The van der Waals surface area contributed by atoms with Gasteiger partial charge in [-0.25, -0.2) is 19.3 Å². The molecule has 0 spiro atoms. The maximum Gasteiger partial charge on any atom is 0.256 e. The van der Waals surface area contributed by atoms with E-state index in [1.165, 1.54) is 18.6 Å². The highest BCUT2D eigenvalue weighted by Crippen LogP contribution is 2.24. The van der Waals surface area contributed by atoms with Crippen LogP contribution in [0.5, 0.6) is 0 Å². The van der Waals surface area contributed by atoms with Crippen LogP contribution in [0.2, 0.25) is 5.02 Å². The van der Waals surface area contributed by atoms with Gasteiger partial charge in [0.25, 0.3) is 5.91 Å². The summed E-state index contributed by atoms with van der Waals surface area (Å²) in [6.07, 6.45) is 6.00. The van der Waals surface area contributed by atoms with E-state index in [0.717, 1.165) is 6.07 Å². The van der Waals surface area contributed by atoms with Crippen molar-refractivity contribution in [3.63, 3.8) is 0 Å². The van der Waals surface area contributed by atoms with Gasteiger partial charge in [0.2, 0.25) is 0 Å². The number of nitrogens with one attached hydrogen (secondary N) is 1. The molecule has 0 fully saturated rings. The SMILES string of the molecule is CN(c1cncnc1)c1cc(F)cc(C(=O)Nc2ccc(Cl)cn2)c1. The van der Waals surface area contributed by atoms with Gasteiger partial charge in [0.1, 0.15) is 18.0 Å². The molecule has 0 aliphatic carbocycles. The Hall–Kier alpha value is -3.06. The molecule has 3 aromatic rings. The minimum absolute atomic E-state index is 0.162. The van der Waals surface area contributed by atoms with Crippen molar-refractivity contribution in [3.8, 4) is 0 Å². The fraction of sp³-hybridized carbons (Fsp3) is 0.0588. The summed E-state index contributed by atoms with van der Waals surface area (Å²) in [5.74, 6) is -0.686. The Balaban J connectivity index is 1.86. The molecule has 0 radical (unpaired) electrons. The van der Waals surface area contributed by atoms with Gasteiger partial charge in [0.15, 0.2) is 0 Å². The quantitative estimate of drug-likeness (QED) is 0.771. The number of aromatic nitrogens is 3. The number of halogens is 2. The predicted octanol–water partition coefficient (Wildman–Crippen LogP) is 3.68. The van der Waals surface area contributed by atoms with Crippen molar-refractivity contribution < 1.29 is 9.18 Å². The van der Waals surface area contributed by atoms with Gasteiger partial charge < -0.3 is 10.2 Å². The van der Waals surface area contributed by atoms with Crippen molar-refractivity contribution in [2.45, 2.75) is 0 Å². The molecule has 25 heavy (non-hydrogen) atoms. The summed E-state index contributed by atoms with van der Waals surface area (Å²) in [7, 11) is 1.73. The first kappa shape index (κ1) is 16.8. The Morgan fingerprint density at radius 1 is 1.12 bits per heavy atom. The zero-order valence-electron chi connectivity index (χ0n) is 13.1. The van der Waals surface area contributed by atoms with Crippen LogP contribution in [-0.4, -0.2) is 27.9 Å². The zero-order valence-corrected chi connectivity index (χ0v) is 13.9. The second kappa shape index (κ2) is 7.23. The average molecular weight is 358 g/mol. The van der Waals surface area contributed by atoms with E-state index in [9.17, 15) is 9.18 Å². The molecule has 3 rings (SSSR count). The molecular weight excluding hydrogens is 345 g/mol. The summed E-state index contributed by atoms with van der Waals surface area (Å²) in [6.45, 7) is 0. The number of carbonyl (C=O) groups is 1. The molecule has 0 saturated carbocycles. The number of hydrogen-bond acceptors (Lipinski definition) is 5. The lowest BCUT2D eigenvalue weighted by Crippen LogP contribution is -2.15. The molecule has 8 heteroatoms. The highest BCUT2D eigenvalue weighted by Gasteiger charge is 2.13. The Morgan fingerprint density at radius 2 is 1.88 bits per heavy atom. The summed E-state index contributed by atoms with van der Waals surface area (Å²) in [5.41, 5.74) is 1.32. The highest BCUT2D eigenvalue weighted by atomic mass is 35.5. The third-order valence-electron chi connectivity index (χ3n) is 3.44. The smallest absolute Gasteiger partial charge is 0.256 e. The number of hydrogen-bond donors (Lipinski definition) is 1. The summed E-state index contributed by atoms with van der Waals surface area (Å²) >= 11 is 5.76. The van der Waals surface area contributed by atoms with Gasteiger partial charge in [0.05, 0.1) is 23.1 Å². The van der Waals surface area contributed by atoms with E-state index < -0.39 is 11.7 Å². The van der Waals surface area contributed by atoms with Crippen LogP contribution in [-0.2, 0) is 0 Å². The molecule has 2 heterocycles. The van der Waals surface area contributed by atoms with Gasteiger partial charge in [-0.1, -0.05) is 11.6 Å². The maximum atomic E-state index is 14.0. The fourth-order valence-electron chi connectivity index (χ4n) is 2.15. The average Bonchev–Trinajstić information content (AvgIpc) is 2.63. The summed E-state index contributed by atoms with van der Waals surface area (Å²) in [5, 5.41) is 3.06. The molecule has 1 aromatic carbocycles. The van der Waals surface area contributed by atoms with E-state index in [2.05, 4.69) is 20.3 Å². The number of amides is 1. The predicted molar refractivity (Wildman–Crippen MR) is 93.7 cm³/mol. The molecule has 2 aromatic heterocycles. The third kappa shape index (κ3) is 4.07. The van der Waals surface area contributed by atoms with Crippen LogP contribution < -0.4 is 10.2 Å². The topological polar surface area (TPSA) is 71.0 Å². The third-order valence-corrected chi connectivity index (χ3v) is 3.66. The molecule has 0 unspecified atom stereocenters. The number of carbonyl (C=O) groups excluding carboxylic acids is 1. The molecule has 126 valence electrons. The Morgan fingerprint density at radius 3 is 2.56 bits per heavy atom. The Kier molecular flexibility index (Phi) is 4.85. The van der Waals surface area contributed by atoms with Crippen molar-refractivity contribution in [1.29, 1.82) is 0 Å². The molecule has 6 nitrogen and oxygen atoms in total. The van der Waals surface area contributed by atoms with Gasteiger partial charge in [-0.05, 0) is 30.3 Å². The number of anilines is 3. The van der Waals surface area contributed by atoms with Crippen LogP contribution >= 0.6 is 11.6 Å². The van der Waals surface area contributed by atoms with Crippen molar-refractivity contribution in [2.75, 3.05) is 17.3 Å². The number of pyridine rings is 1. The second-order valence-corrected chi connectivity index (χ2v) is 5.61. The Labute approximate surface area is 148 Å². The van der Waals surface area contributed by atoms with Crippen LogP contribution in [0.25, 0.3) is 0 Å². The molecule has 1 amide bonds. The van der Waals surface area contributed by atoms with Crippen molar-refractivity contribution in [1.82, 2.24) is 15.0 Å². The van der Waals surface area contributed by atoms with E-state index >= 15 is 0 Å². The van der Waals surface area contributed by atoms with Crippen LogP contribution in [0, 0.1) is 5.82 Å². The summed E-state index contributed by atoms with van der Waals surface area (Å²) < 4.78 is 14.0. The lowest BCUT2D eigenvalue weighted by molar-refractivity contribution is 0.102. The van der Waals surface area contributed by atoms with Crippen LogP contribution in [0.15, 0.2) is 55.2 Å². The van der Waals surface area contributed by atoms with Gasteiger partial charge in [-0.15, -0.1) is 0 Å². The molecule has 0 aliphatic rings. The van der Waals surface area contributed by atoms with Gasteiger partial charge >= 0.3 is 0 Å². The lowest BCUT2D eigenvalue weighted by Gasteiger charge is -2.19. The normalized spacial score (nSPS) is 10.4. The van der Waals surface area contributed by atoms with Crippen molar-refractivity contribution in [2.24, 2.45) is 0 Å². The molecule has 1 N–H and O–H groups in total. The van der Waals surface area contributed by atoms with Crippen LogP contribution in [0.3, 0.4) is 0 Å². The molecule has 0 saturated heterocycles. The Bertz CT molecular complexity index is 889. The summed E-state index contributed by atoms with van der Waals surface area (Å²) in [6, 6.07) is 7.22. The maximum absolute atomic E-state index is 14.0. The fourth-order valence-corrected chi connectivity index (χ4v) is 2.26. The first-order valence-electron chi connectivity index (χ1n) is 7.25. The minimum Gasteiger partial charge on any atom is -0.342 e. The van der Waals surface area contributed by atoms with E-state index in [4.69, 9.17) is 11.6 Å². The first-order chi connectivity index (χ1) is 12.0. The molecule has 0 aliphatic heterocycles. The van der Waals surface area contributed by atoms with E-state index in [1.54, 1.807) is 42.5 Å². The lowest BCUT2D eigenvalue weighted by atomic mass is 10.1. The van der Waals surface area contributed by atoms with E-state index in [-0.39, 0.29) is 5.56 Å². The zero-order chi connectivity index (χ0) is 17.8. The number of rotatable bonds is 4. The summed E-state index contributed by atoms with van der Waals surface area (Å²) in [4.78, 5) is 25.9. The highest BCUT2D eigenvalue weighted by molar-refractivity contribution is 6.30. The number of nitrogens with zero attached hydrogens (tertiary/aromatic N) is 4. The van der Waals surface area contributed by atoms with Crippen LogP contribution in [0.1, 0.15) is 10.4 Å². The standard InChI is InChI=1S/C17H13ClFN5O/c1-24(15-8-20-10-21-9-15)14-5-11(4-13(19)6-14)17(25)23-16-3-2-12(18)7-22-16/h2-10H,1H3,(H,22,23,25). The van der Waals surface area contributed by atoms with Gasteiger partial charge in [0, 0.05) is 24.5 Å². The van der Waals surface area contributed by atoms with Crippen molar-refractivity contribution >= 4 is 34.7 Å². The number of benzene rings is 1. The van der Waals surface area contributed by atoms with Crippen LogP contribution in [0.4, 0.5) is 21.6 Å². The minimum atomic E-state index is -0.532. The molecule has 0 atom stereocenters. The monoisotopic (exact) mass is 357 g/mol. The van der Waals surface area contributed by atoms with E-state index in [0.29, 0.717) is 22.2 Å². The molecular formula is C17H13ClFN5O. The largest absolute Gasteiger partial charge is 0.342 e. The van der Waals surface area contributed by atoms with Crippen molar-refractivity contribution in [3.05, 3.63) is 71.7 Å². The molecule has 0 bridgehead atoms. The van der Waals surface area contributed by atoms with Gasteiger partial charge in [-0.2, -0.15) is 0 Å². The van der Waals surface area contributed by atoms with E-state index in [1.807, 2.05) is 0 Å². The first-order valence-corrected chi connectivity index (χ1v) is 7.63. The van der Waals surface area contributed by atoms with Gasteiger partial charge in [-0.3, -0.25) is 4.79 Å². The second-order valence-electron chi connectivity index (χ2n) is 5.17.